The maximum atomic E-state index is 11.8. The summed E-state index contributed by atoms with van der Waals surface area (Å²) in [5, 5.41) is 13.2. The van der Waals surface area contributed by atoms with Crippen molar-refractivity contribution < 1.29 is 19.4 Å². The molecule has 0 aliphatic heterocycles. The second kappa shape index (κ2) is 8.09. The van der Waals surface area contributed by atoms with Crippen LogP contribution < -0.4 is 15.4 Å². The lowest BCUT2D eigenvalue weighted by Crippen LogP contribution is -2.40. The molecule has 0 unspecified atom stereocenters. The van der Waals surface area contributed by atoms with Gasteiger partial charge in [0.25, 0.3) is 0 Å². The van der Waals surface area contributed by atoms with Crippen LogP contribution in [-0.2, 0) is 4.79 Å². The van der Waals surface area contributed by atoms with Crippen LogP contribution in [0.15, 0.2) is 36.7 Å². The Morgan fingerprint density at radius 2 is 1.84 bits per heavy atom. The first-order valence-corrected chi connectivity index (χ1v) is 7.75. The second-order valence-electron chi connectivity index (χ2n) is 5.74. The third-order valence-electron chi connectivity index (χ3n) is 3.36. The van der Waals surface area contributed by atoms with E-state index in [-0.39, 0.29) is 6.01 Å². The number of carbonyl (C=O) groups excluding carboxylic acids is 1. The van der Waals surface area contributed by atoms with E-state index in [1.165, 1.54) is 19.3 Å². The van der Waals surface area contributed by atoms with Crippen molar-refractivity contribution in [2.45, 2.75) is 32.7 Å². The molecule has 2 amide bonds. The standard InChI is InChI=1S/C17H20N4O4/c1-10(2)12-5-4-6-14(7-12)25-16-18-8-13(9-19-16)21-15(22)11(3)20-17(23)24/h4-11,20H,1-3H3,(H,21,22)(H,23,24)/t11-/m1/s1. The molecular weight excluding hydrogens is 324 g/mol. The summed E-state index contributed by atoms with van der Waals surface area (Å²) in [6.07, 6.45) is 1.51. The lowest BCUT2D eigenvalue weighted by molar-refractivity contribution is -0.117. The minimum absolute atomic E-state index is 0.149. The number of hydrogen-bond acceptors (Lipinski definition) is 5. The average molecular weight is 344 g/mol. The molecule has 3 N–H and O–H groups in total. The van der Waals surface area contributed by atoms with Crippen LogP contribution in [0.5, 0.6) is 11.8 Å². The summed E-state index contributed by atoms with van der Waals surface area (Å²) < 4.78 is 5.60. The summed E-state index contributed by atoms with van der Waals surface area (Å²) in [7, 11) is 0. The van der Waals surface area contributed by atoms with Crippen LogP contribution >= 0.6 is 0 Å². The predicted molar refractivity (Wildman–Crippen MR) is 91.9 cm³/mol. The van der Waals surface area contributed by atoms with Gasteiger partial charge in [0.05, 0.1) is 18.1 Å². The number of rotatable bonds is 6. The van der Waals surface area contributed by atoms with Crippen molar-refractivity contribution in [3.63, 3.8) is 0 Å². The van der Waals surface area contributed by atoms with Gasteiger partial charge in [-0.2, -0.15) is 0 Å². The summed E-state index contributed by atoms with van der Waals surface area (Å²) in [5.41, 5.74) is 1.48. The Balaban J connectivity index is 1.99. The molecule has 0 radical (unpaired) electrons. The van der Waals surface area contributed by atoms with E-state index in [0.29, 0.717) is 17.4 Å². The Bertz CT molecular complexity index is 747. The summed E-state index contributed by atoms with van der Waals surface area (Å²) in [5.74, 6) is 0.495. The van der Waals surface area contributed by atoms with E-state index < -0.39 is 18.0 Å². The number of hydrogen-bond donors (Lipinski definition) is 3. The number of amides is 2. The largest absolute Gasteiger partial charge is 0.465 e. The molecule has 2 aromatic rings. The van der Waals surface area contributed by atoms with Crippen LogP contribution in [0, 0.1) is 0 Å². The highest BCUT2D eigenvalue weighted by Gasteiger charge is 2.15. The van der Waals surface area contributed by atoms with Crippen LogP contribution in [0.2, 0.25) is 0 Å². The Hall–Kier alpha value is -3.16. The lowest BCUT2D eigenvalue weighted by Gasteiger charge is -2.12. The van der Waals surface area contributed by atoms with Gasteiger partial charge in [-0.25, -0.2) is 14.8 Å². The van der Waals surface area contributed by atoms with Crippen molar-refractivity contribution in [2.24, 2.45) is 0 Å². The first-order chi connectivity index (χ1) is 11.8. The highest BCUT2D eigenvalue weighted by atomic mass is 16.5. The smallest absolute Gasteiger partial charge is 0.405 e. The van der Waals surface area contributed by atoms with Gasteiger partial charge >= 0.3 is 12.1 Å². The van der Waals surface area contributed by atoms with E-state index in [4.69, 9.17) is 9.84 Å². The van der Waals surface area contributed by atoms with Crippen molar-refractivity contribution >= 4 is 17.7 Å². The molecule has 1 aromatic heterocycles. The molecule has 1 atom stereocenters. The van der Waals surface area contributed by atoms with Gasteiger partial charge < -0.3 is 20.5 Å². The van der Waals surface area contributed by atoms with Crippen LogP contribution in [0.3, 0.4) is 0 Å². The van der Waals surface area contributed by atoms with Gasteiger partial charge in [-0.3, -0.25) is 4.79 Å². The molecule has 0 fully saturated rings. The van der Waals surface area contributed by atoms with Crippen molar-refractivity contribution in [3.8, 4) is 11.8 Å². The van der Waals surface area contributed by atoms with Gasteiger partial charge in [0.1, 0.15) is 11.8 Å². The molecule has 8 heteroatoms. The molecule has 0 spiro atoms. The summed E-state index contributed by atoms with van der Waals surface area (Å²) in [6.45, 7) is 5.62. The topological polar surface area (TPSA) is 113 Å². The van der Waals surface area contributed by atoms with Gasteiger partial charge in [-0.1, -0.05) is 26.0 Å². The van der Waals surface area contributed by atoms with Crippen LogP contribution in [0.4, 0.5) is 10.5 Å². The number of carbonyl (C=O) groups is 2. The van der Waals surface area contributed by atoms with Gasteiger partial charge in [0.2, 0.25) is 5.91 Å². The fourth-order valence-corrected chi connectivity index (χ4v) is 1.98. The zero-order valence-corrected chi connectivity index (χ0v) is 14.2. The normalized spacial score (nSPS) is 11.7. The molecule has 1 heterocycles. The van der Waals surface area contributed by atoms with Gasteiger partial charge in [-0.15, -0.1) is 0 Å². The molecule has 2 rings (SSSR count). The second-order valence-corrected chi connectivity index (χ2v) is 5.74. The number of carboxylic acid groups (broad SMARTS) is 1. The Kier molecular flexibility index (Phi) is 5.89. The predicted octanol–water partition coefficient (Wildman–Crippen LogP) is 2.99. The first kappa shape index (κ1) is 18.2. The van der Waals surface area contributed by atoms with E-state index in [2.05, 4.69) is 34.4 Å². The molecule has 0 saturated heterocycles. The molecule has 0 bridgehead atoms. The number of anilines is 1. The maximum absolute atomic E-state index is 11.8. The molecule has 132 valence electrons. The SMILES string of the molecule is CC(C)c1cccc(Oc2ncc(NC(=O)[C@@H](C)NC(=O)O)cn2)c1. The number of nitrogens with zero attached hydrogens (tertiary/aromatic N) is 2. The lowest BCUT2D eigenvalue weighted by atomic mass is 10.0. The molecule has 0 aliphatic rings. The van der Waals surface area contributed by atoms with E-state index in [1.54, 1.807) is 0 Å². The van der Waals surface area contributed by atoms with Crippen LogP contribution in [-0.4, -0.2) is 33.1 Å². The van der Waals surface area contributed by atoms with Crippen molar-refractivity contribution in [1.29, 1.82) is 0 Å². The Morgan fingerprint density at radius 1 is 1.16 bits per heavy atom. The van der Waals surface area contributed by atoms with Crippen molar-refractivity contribution in [1.82, 2.24) is 15.3 Å². The highest BCUT2D eigenvalue weighted by molar-refractivity contribution is 5.95. The quantitative estimate of drug-likeness (QED) is 0.742. The summed E-state index contributed by atoms with van der Waals surface area (Å²) >= 11 is 0. The van der Waals surface area contributed by atoms with E-state index in [0.717, 1.165) is 5.56 Å². The third-order valence-corrected chi connectivity index (χ3v) is 3.36. The van der Waals surface area contributed by atoms with E-state index in [9.17, 15) is 9.59 Å². The summed E-state index contributed by atoms with van der Waals surface area (Å²) in [4.78, 5) is 30.4. The minimum Gasteiger partial charge on any atom is -0.465 e. The van der Waals surface area contributed by atoms with Crippen LogP contribution in [0.25, 0.3) is 0 Å². The molecule has 0 saturated carbocycles. The first-order valence-electron chi connectivity index (χ1n) is 7.75. The Labute approximate surface area is 145 Å². The molecule has 25 heavy (non-hydrogen) atoms. The molecule has 1 aromatic carbocycles. The zero-order chi connectivity index (χ0) is 18.4. The molecule has 8 nitrogen and oxygen atoms in total. The molecule has 0 aliphatic carbocycles. The average Bonchev–Trinajstić information content (AvgIpc) is 2.56. The van der Waals surface area contributed by atoms with E-state index in [1.807, 2.05) is 24.3 Å². The van der Waals surface area contributed by atoms with Crippen molar-refractivity contribution in [3.05, 3.63) is 42.2 Å². The fourth-order valence-electron chi connectivity index (χ4n) is 1.98. The number of ether oxygens (including phenoxy) is 1. The summed E-state index contributed by atoms with van der Waals surface area (Å²) in [6, 6.07) is 6.90. The number of nitrogens with one attached hydrogen (secondary N) is 2. The van der Waals surface area contributed by atoms with Gasteiger partial charge in [0, 0.05) is 0 Å². The molecular formula is C17H20N4O4. The fraction of sp³-hybridized carbons (Fsp3) is 0.294. The van der Waals surface area contributed by atoms with Gasteiger partial charge in [0.15, 0.2) is 0 Å². The zero-order valence-electron chi connectivity index (χ0n) is 14.2. The monoisotopic (exact) mass is 344 g/mol. The number of benzene rings is 1. The minimum atomic E-state index is -1.27. The maximum Gasteiger partial charge on any atom is 0.405 e. The van der Waals surface area contributed by atoms with Gasteiger partial charge in [-0.05, 0) is 30.5 Å². The third kappa shape index (κ3) is 5.45. The number of aromatic nitrogens is 2. The van der Waals surface area contributed by atoms with Crippen molar-refractivity contribution in [2.75, 3.05) is 5.32 Å². The van der Waals surface area contributed by atoms with E-state index >= 15 is 0 Å². The highest BCUT2D eigenvalue weighted by Crippen LogP contribution is 2.23. The van der Waals surface area contributed by atoms with Crippen LogP contribution in [0.1, 0.15) is 32.3 Å². The Morgan fingerprint density at radius 3 is 2.44 bits per heavy atom.